The lowest BCUT2D eigenvalue weighted by molar-refractivity contribution is 0.553. The van der Waals surface area contributed by atoms with Crippen LogP contribution < -0.4 is 16.0 Å². The van der Waals surface area contributed by atoms with Crippen molar-refractivity contribution >= 4 is 11.4 Å². The normalized spacial score (nSPS) is 17.4. The average Bonchev–Trinajstić information content (AvgIpc) is 2.20. The Labute approximate surface area is 77.8 Å². The number of aromatic nitrogens is 1. The molecule has 13 heavy (non-hydrogen) atoms. The van der Waals surface area contributed by atoms with Gasteiger partial charge in [-0.2, -0.15) is 0 Å². The summed E-state index contributed by atoms with van der Waals surface area (Å²) in [4.78, 5) is 6.20. The van der Waals surface area contributed by atoms with Crippen LogP contribution in [-0.2, 0) is 0 Å². The Kier molecular flexibility index (Phi) is 2.31. The van der Waals surface area contributed by atoms with Crippen LogP contribution in [0.5, 0.6) is 0 Å². The van der Waals surface area contributed by atoms with Crippen molar-refractivity contribution in [1.82, 2.24) is 10.3 Å². The molecule has 2 heterocycles. The van der Waals surface area contributed by atoms with E-state index in [4.69, 9.17) is 5.73 Å². The third-order valence-corrected chi connectivity index (χ3v) is 2.25. The van der Waals surface area contributed by atoms with Crippen LogP contribution in [0, 0.1) is 0 Å². The number of nitrogens with one attached hydrogen (secondary N) is 1. The van der Waals surface area contributed by atoms with Gasteiger partial charge in [0.15, 0.2) is 0 Å². The molecule has 1 aliphatic rings. The first kappa shape index (κ1) is 8.31. The maximum atomic E-state index is 5.82. The summed E-state index contributed by atoms with van der Waals surface area (Å²) in [6.45, 7) is 3.05. The molecule has 0 saturated carbocycles. The standard InChI is InChI=1S/C9H14N4/c10-8-6-11-4-2-9(8)13-5-1-3-12-7-13/h2,4,6,12H,1,3,5,7,10H2. The molecule has 0 unspecified atom stereocenters. The Morgan fingerprint density at radius 3 is 3.15 bits per heavy atom. The Hall–Kier alpha value is -1.29. The lowest BCUT2D eigenvalue weighted by atomic mass is 10.2. The van der Waals surface area contributed by atoms with Crippen LogP contribution >= 0.6 is 0 Å². The summed E-state index contributed by atoms with van der Waals surface area (Å²) in [7, 11) is 0. The maximum absolute atomic E-state index is 5.82. The molecule has 1 fully saturated rings. The van der Waals surface area contributed by atoms with Crippen molar-refractivity contribution in [2.45, 2.75) is 6.42 Å². The van der Waals surface area contributed by atoms with E-state index in [1.807, 2.05) is 6.07 Å². The Morgan fingerprint density at radius 1 is 1.54 bits per heavy atom. The fourth-order valence-electron chi connectivity index (χ4n) is 1.58. The van der Waals surface area contributed by atoms with E-state index >= 15 is 0 Å². The molecule has 1 saturated heterocycles. The first-order valence-electron chi connectivity index (χ1n) is 4.53. The van der Waals surface area contributed by atoms with Crippen LogP contribution in [0.2, 0.25) is 0 Å². The minimum atomic E-state index is 0.756. The van der Waals surface area contributed by atoms with Crippen LogP contribution in [0.15, 0.2) is 18.5 Å². The number of anilines is 2. The predicted octanol–water partition coefficient (Wildman–Crippen LogP) is 0.421. The van der Waals surface area contributed by atoms with E-state index in [1.165, 1.54) is 6.42 Å². The quantitative estimate of drug-likeness (QED) is 0.654. The molecule has 3 N–H and O–H groups in total. The number of hydrogen-bond donors (Lipinski definition) is 2. The summed E-state index contributed by atoms with van der Waals surface area (Å²) < 4.78 is 0. The van der Waals surface area contributed by atoms with Gasteiger partial charge >= 0.3 is 0 Å². The van der Waals surface area contributed by atoms with Gasteiger partial charge in [-0.1, -0.05) is 0 Å². The van der Waals surface area contributed by atoms with E-state index in [9.17, 15) is 0 Å². The summed E-state index contributed by atoms with van der Waals surface area (Å²) in [5.41, 5.74) is 7.66. The first-order valence-corrected chi connectivity index (χ1v) is 4.53. The van der Waals surface area contributed by atoms with E-state index in [0.717, 1.165) is 31.1 Å². The zero-order valence-corrected chi connectivity index (χ0v) is 7.53. The Morgan fingerprint density at radius 2 is 2.46 bits per heavy atom. The highest BCUT2D eigenvalue weighted by Gasteiger charge is 2.11. The van der Waals surface area contributed by atoms with Crippen LogP contribution in [0.4, 0.5) is 11.4 Å². The van der Waals surface area contributed by atoms with Gasteiger partial charge in [0.1, 0.15) is 0 Å². The summed E-state index contributed by atoms with van der Waals surface area (Å²) in [5, 5.41) is 3.31. The lowest BCUT2D eigenvalue weighted by Crippen LogP contribution is -2.41. The second-order valence-corrected chi connectivity index (χ2v) is 3.21. The molecule has 1 aromatic heterocycles. The monoisotopic (exact) mass is 178 g/mol. The van der Waals surface area contributed by atoms with Gasteiger partial charge in [-0.15, -0.1) is 0 Å². The topological polar surface area (TPSA) is 54.2 Å². The molecule has 1 aromatic rings. The van der Waals surface area contributed by atoms with Crippen LogP contribution in [0.1, 0.15) is 6.42 Å². The molecule has 70 valence electrons. The van der Waals surface area contributed by atoms with Gasteiger partial charge in [-0.05, 0) is 19.0 Å². The number of rotatable bonds is 1. The highest BCUT2D eigenvalue weighted by molar-refractivity contribution is 5.65. The molecular formula is C9H14N4. The highest BCUT2D eigenvalue weighted by Crippen LogP contribution is 2.21. The van der Waals surface area contributed by atoms with Gasteiger partial charge in [0, 0.05) is 12.7 Å². The molecule has 0 atom stereocenters. The van der Waals surface area contributed by atoms with Crippen molar-refractivity contribution in [3.63, 3.8) is 0 Å². The molecule has 2 rings (SSSR count). The van der Waals surface area contributed by atoms with E-state index < -0.39 is 0 Å². The van der Waals surface area contributed by atoms with Crippen LogP contribution in [-0.4, -0.2) is 24.7 Å². The molecule has 0 amide bonds. The number of nitrogens with two attached hydrogens (primary N) is 1. The minimum Gasteiger partial charge on any atom is -0.396 e. The fourth-order valence-corrected chi connectivity index (χ4v) is 1.58. The van der Waals surface area contributed by atoms with Gasteiger partial charge in [-0.3, -0.25) is 10.3 Å². The maximum Gasteiger partial charge on any atom is 0.0738 e. The molecule has 1 aliphatic heterocycles. The van der Waals surface area contributed by atoms with Crippen LogP contribution in [0.25, 0.3) is 0 Å². The fraction of sp³-hybridized carbons (Fsp3) is 0.444. The van der Waals surface area contributed by atoms with Crippen molar-refractivity contribution in [1.29, 1.82) is 0 Å². The highest BCUT2D eigenvalue weighted by atomic mass is 15.2. The van der Waals surface area contributed by atoms with Crippen molar-refractivity contribution < 1.29 is 0 Å². The second kappa shape index (κ2) is 3.62. The Balaban J connectivity index is 2.18. The van der Waals surface area contributed by atoms with Crippen LogP contribution in [0.3, 0.4) is 0 Å². The lowest BCUT2D eigenvalue weighted by Gasteiger charge is -2.30. The molecular weight excluding hydrogens is 164 g/mol. The molecule has 4 heteroatoms. The minimum absolute atomic E-state index is 0.756. The average molecular weight is 178 g/mol. The van der Waals surface area contributed by atoms with E-state index in [2.05, 4.69) is 15.2 Å². The summed E-state index contributed by atoms with van der Waals surface area (Å²) >= 11 is 0. The second-order valence-electron chi connectivity index (χ2n) is 3.21. The number of pyridine rings is 1. The van der Waals surface area contributed by atoms with E-state index in [-0.39, 0.29) is 0 Å². The molecule has 0 aromatic carbocycles. The Bertz CT molecular complexity index is 281. The van der Waals surface area contributed by atoms with E-state index in [1.54, 1.807) is 12.4 Å². The van der Waals surface area contributed by atoms with Gasteiger partial charge in [0.05, 0.1) is 24.2 Å². The zero-order chi connectivity index (χ0) is 9.10. The molecule has 0 bridgehead atoms. The molecule has 0 aliphatic carbocycles. The SMILES string of the molecule is Nc1cnccc1N1CCCNC1. The summed E-state index contributed by atoms with van der Waals surface area (Å²) in [5.74, 6) is 0. The molecule has 0 radical (unpaired) electrons. The van der Waals surface area contributed by atoms with Crippen molar-refractivity contribution in [2.75, 3.05) is 30.4 Å². The van der Waals surface area contributed by atoms with Gasteiger partial charge < -0.3 is 10.6 Å². The number of hydrogen-bond acceptors (Lipinski definition) is 4. The first-order chi connectivity index (χ1) is 6.38. The third kappa shape index (κ3) is 1.72. The van der Waals surface area contributed by atoms with Gasteiger partial charge in [0.25, 0.3) is 0 Å². The van der Waals surface area contributed by atoms with Crippen molar-refractivity contribution in [3.8, 4) is 0 Å². The smallest absolute Gasteiger partial charge is 0.0738 e. The summed E-state index contributed by atoms with van der Waals surface area (Å²) in [6.07, 6.45) is 4.64. The van der Waals surface area contributed by atoms with Crippen molar-refractivity contribution in [2.24, 2.45) is 0 Å². The molecule has 4 nitrogen and oxygen atoms in total. The summed E-state index contributed by atoms with van der Waals surface area (Å²) in [6, 6.07) is 1.96. The number of nitrogens with zero attached hydrogens (tertiary/aromatic N) is 2. The van der Waals surface area contributed by atoms with Crippen molar-refractivity contribution in [3.05, 3.63) is 18.5 Å². The number of nitrogen functional groups attached to an aromatic ring is 1. The largest absolute Gasteiger partial charge is 0.396 e. The zero-order valence-electron chi connectivity index (χ0n) is 7.53. The van der Waals surface area contributed by atoms with Gasteiger partial charge in [0.2, 0.25) is 0 Å². The van der Waals surface area contributed by atoms with Gasteiger partial charge in [-0.25, -0.2) is 0 Å². The molecule has 0 spiro atoms. The van der Waals surface area contributed by atoms with E-state index in [0.29, 0.717) is 0 Å². The predicted molar refractivity (Wildman–Crippen MR) is 53.5 cm³/mol. The third-order valence-electron chi connectivity index (χ3n) is 2.25.